The van der Waals surface area contributed by atoms with Gasteiger partial charge < -0.3 is 10.2 Å². The van der Waals surface area contributed by atoms with Crippen LogP contribution in [0.25, 0.3) is 0 Å². The predicted octanol–water partition coefficient (Wildman–Crippen LogP) is 3.42. The Morgan fingerprint density at radius 2 is 1.72 bits per heavy atom. The second kappa shape index (κ2) is 6.91. The zero-order chi connectivity index (χ0) is 13.0. The second-order valence-electron chi connectivity index (χ2n) is 6.65. The van der Waals surface area contributed by atoms with Crippen molar-refractivity contribution in [2.24, 2.45) is 5.92 Å². The van der Waals surface area contributed by atoms with E-state index in [0.717, 1.165) is 30.6 Å². The van der Waals surface area contributed by atoms with E-state index in [-0.39, 0.29) is 0 Å². The Morgan fingerprint density at radius 3 is 2.39 bits per heavy atom. The van der Waals surface area contributed by atoms with Crippen molar-refractivity contribution in [3.8, 4) is 0 Å². The Balaban J connectivity index is 1.82. The number of nitrogens with zero attached hydrogens (tertiary/aromatic N) is 1. The molecule has 2 atom stereocenters. The van der Waals surface area contributed by atoms with Gasteiger partial charge in [-0.25, -0.2) is 0 Å². The summed E-state index contributed by atoms with van der Waals surface area (Å²) in [5.41, 5.74) is 0. The van der Waals surface area contributed by atoms with Gasteiger partial charge in [-0.1, -0.05) is 20.3 Å². The van der Waals surface area contributed by atoms with Crippen molar-refractivity contribution in [2.45, 2.75) is 83.3 Å². The first-order valence-corrected chi connectivity index (χ1v) is 8.16. The Kier molecular flexibility index (Phi) is 5.50. The normalized spacial score (nSPS) is 38.0. The van der Waals surface area contributed by atoms with E-state index in [4.69, 9.17) is 0 Å². The molecule has 2 fully saturated rings. The molecule has 0 heterocycles. The highest BCUT2D eigenvalue weighted by atomic mass is 15.2. The minimum atomic E-state index is 0.777. The van der Waals surface area contributed by atoms with E-state index >= 15 is 0 Å². The first kappa shape index (κ1) is 14.3. The molecular formula is C16H32N2. The summed E-state index contributed by atoms with van der Waals surface area (Å²) in [4.78, 5) is 2.73. The van der Waals surface area contributed by atoms with Crippen LogP contribution in [0.15, 0.2) is 0 Å². The van der Waals surface area contributed by atoms with Gasteiger partial charge in [0.1, 0.15) is 0 Å². The molecule has 0 aromatic rings. The topological polar surface area (TPSA) is 15.3 Å². The fourth-order valence-electron chi connectivity index (χ4n) is 3.96. The molecule has 18 heavy (non-hydrogen) atoms. The zero-order valence-electron chi connectivity index (χ0n) is 12.6. The fourth-order valence-corrected chi connectivity index (χ4v) is 3.96. The maximum absolute atomic E-state index is 3.65. The minimum absolute atomic E-state index is 0.777. The first-order valence-electron chi connectivity index (χ1n) is 8.16. The van der Waals surface area contributed by atoms with Gasteiger partial charge in [-0.15, -0.1) is 0 Å². The van der Waals surface area contributed by atoms with Gasteiger partial charge in [-0.05, 0) is 64.5 Å². The van der Waals surface area contributed by atoms with Crippen LogP contribution in [0.4, 0.5) is 0 Å². The third-order valence-corrected chi connectivity index (χ3v) is 5.28. The quantitative estimate of drug-likeness (QED) is 0.825. The van der Waals surface area contributed by atoms with Gasteiger partial charge in [-0.2, -0.15) is 0 Å². The van der Waals surface area contributed by atoms with Crippen LogP contribution in [0.5, 0.6) is 0 Å². The van der Waals surface area contributed by atoms with E-state index in [1.807, 2.05) is 0 Å². The molecule has 2 rings (SSSR count). The highest BCUT2D eigenvalue weighted by Gasteiger charge is 2.30. The van der Waals surface area contributed by atoms with Crippen LogP contribution >= 0.6 is 0 Å². The third kappa shape index (κ3) is 3.71. The SMILES string of the molecule is CCNC1CCCC(N(C)C2CCC(C)CC2)C1. The summed E-state index contributed by atoms with van der Waals surface area (Å²) in [6.07, 6.45) is 11.3. The summed E-state index contributed by atoms with van der Waals surface area (Å²) in [5, 5.41) is 3.65. The van der Waals surface area contributed by atoms with Crippen molar-refractivity contribution in [1.82, 2.24) is 10.2 Å². The molecule has 0 bridgehead atoms. The molecule has 2 unspecified atom stereocenters. The summed E-state index contributed by atoms with van der Waals surface area (Å²) in [5.74, 6) is 0.968. The lowest BCUT2D eigenvalue weighted by molar-refractivity contribution is 0.0908. The van der Waals surface area contributed by atoms with E-state index < -0.39 is 0 Å². The van der Waals surface area contributed by atoms with Crippen molar-refractivity contribution in [3.63, 3.8) is 0 Å². The average molecular weight is 252 g/mol. The van der Waals surface area contributed by atoms with Gasteiger partial charge in [0.15, 0.2) is 0 Å². The Morgan fingerprint density at radius 1 is 1.00 bits per heavy atom. The molecule has 0 saturated heterocycles. The molecule has 0 aliphatic heterocycles. The molecule has 2 saturated carbocycles. The van der Waals surface area contributed by atoms with E-state index in [9.17, 15) is 0 Å². The fraction of sp³-hybridized carbons (Fsp3) is 1.00. The molecular weight excluding hydrogens is 220 g/mol. The molecule has 0 aromatic carbocycles. The molecule has 0 radical (unpaired) electrons. The molecule has 1 N–H and O–H groups in total. The summed E-state index contributed by atoms with van der Waals surface area (Å²) >= 11 is 0. The summed E-state index contributed by atoms with van der Waals surface area (Å²) < 4.78 is 0. The highest BCUT2D eigenvalue weighted by molar-refractivity contribution is 4.87. The van der Waals surface area contributed by atoms with Crippen LogP contribution in [0.2, 0.25) is 0 Å². The van der Waals surface area contributed by atoms with Crippen molar-refractivity contribution in [2.75, 3.05) is 13.6 Å². The molecule has 2 heteroatoms. The van der Waals surface area contributed by atoms with Crippen LogP contribution < -0.4 is 5.32 Å². The zero-order valence-corrected chi connectivity index (χ0v) is 12.6. The van der Waals surface area contributed by atoms with E-state index in [1.165, 1.54) is 51.4 Å². The van der Waals surface area contributed by atoms with E-state index in [1.54, 1.807) is 0 Å². The largest absolute Gasteiger partial charge is 0.314 e. The molecule has 2 aliphatic rings. The number of rotatable bonds is 4. The average Bonchev–Trinajstić information content (AvgIpc) is 2.39. The lowest BCUT2D eigenvalue weighted by Crippen LogP contribution is -2.47. The van der Waals surface area contributed by atoms with Crippen LogP contribution in [0.3, 0.4) is 0 Å². The van der Waals surface area contributed by atoms with Crippen LogP contribution in [0, 0.1) is 5.92 Å². The van der Waals surface area contributed by atoms with E-state index in [2.05, 4.69) is 31.1 Å². The van der Waals surface area contributed by atoms with Crippen LogP contribution in [-0.4, -0.2) is 36.6 Å². The minimum Gasteiger partial charge on any atom is -0.314 e. The van der Waals surface area contributed by atoms with Gasteiger partial charge in [-0.3, -0.25) is 0 Å². The molecule has 106 valence electrons. The monoisotopic (exact) mass is 252 g/mol. The highest BCUT2D eigenvalue weighted by Crippen LogP contribution is 2.31. The summed E-state index contributed by atoms with van der Waals surface area (Å²) in [6.45, 7) is 5.77. The van der Waals surface area contributed by atoms with Gasteiger partial charge in [0.25, 0.3) is 0 Å². The molecule has 0 aromatic heterocycles. The maximum atomic E-state index is 3.65. The van der Waals surface area contributed by atoms with Crippen molar-refractivity contribution in [3.05, 3.63) is 0 Å². The summed E-state index contributed by atoms with van der Waals surface area (Å²) in [6, 6.07) is 2.48. The molecule has 0 spiro atoms. The van der Waals surface area contributed by atoms with Gasteiger partial charge in [0.2, 0.25) is 0 Å². The lowest BCUT2D eigenvalue weighted by atomic mass is 9.84. The standard InChI is InChI=1S/C16H32N2/c1-4-17-14-6-5-7-16(12-14)18(3)15-10-8-13(2)9-11-15/h13-17H,4-12H2,1-3H3. The smallest absolute Gasteiger partial charge is 0.0110 e. The Bertz CT molecular complexity index is 231. The van der Waals surface area contributed by atoms with Crippen molar-refractivity contribution >= 4 is 0 Å². The molecule has 2 nitrogen and oxygen atoms in total. The predicted molar refractivity (Wildman–Crippen MR) is 78.9 cm³/mol. The number of hydrogen-bond acceptors (Lipinski definition) is 2. The van der Waals surface area contributed by atoms with Crippen molar-refractivity contribution < 1.29 is 0 Å². The Hall–Kier alpha value is -0.0800. The lowest BCUT2D eigenvalue weighted by Gasteiger charge is -2.42. The second-order valence-corrected chi connectivity index (χ2v) is 6.65. The van der Waals surface area contributed by atoms with Gasteiger partial charge in [0, 0.05) is 18.1 Å². The molecule has 2 aliphatic carbocycles. The number of hydrogen-bond donors (Lipinski definition) is 1. The third-order valence-electron chi connectivity index (χ3n) is 5.28. The maximum Gasteiger partial charge on any atom is 0.0110 e. The van der Waals surface area contributed by atoms with E-state index in [0.29, 0.717) is 0 Å². The van der Waals surface area contributed by atoms with Gasteiger partial charge >= 0.3 is 0 Å². The van der Waals surface area contributed by atoms with Crippen molar-refractivity contribution in [1.29, 1.82) is 0 Å². The van der Waals surface area contributed by atoms with Crippen LogP contribution in [-0.2, 0) is 0 Å². The molecule has 0 amide bonds. The Labute approximate surface area is 114 Å². The summed E-state index contributed by atoms with van der Waals surface area (Å²) in [7, 11) is 2.39. The van der Waals surface area contributed by atoms with Crippen LogP contribution in [0.1, 0.15) is 65.2 Å². The van der Waals surface area contributed by atoms with Gasteiger partial charge in [0.05, 0.1) is 0 Å². The first-order chi connectivity index (χ1) is 8.70. The number of nitrogens with one attached hydrogen (secondary N) is 1.